The number of aromatic amines is 1. The third-order valence-corrected chi connectivity index (χ3v) is 5.12. The van der Waals surface area contributed by atoms with Gasteiger partial charge in [-0.3, -0.25) is 5.10 Å². The minimum atomic E-state index is -0.424. The third-order valence-electron chi connectivity index (χ3n) is 4.81. The van der Waals surface area contributed by atoms with Gasteiger partial charge in [0.2, 0.25) is 5.95 Å². The molecule has 1 aliphatic carbocycles. The van der Waals surface area contributed by atoms with E-state index in [0.717, 1.165) is 29.5 Å². The summed E-state index contributed by atoms with van der Waals surface area (Å²) < 4.78 is 13.8. The standard InChI is InChI=1S/C20H15ClFN3/c21-18-10-13(11-23)4-6-15(18)16(14-2-1-3-14)8-12-5-7-19-17(9-12)20(22)25-24-19/h4-10,14H,1-3H2,(H,24,25)/b16-8+. The molecule has 0 atom stereocenters. The van der Waals surface area contributed by atoms with Gasteiger partial charge < -0.3 is 0 Å². The van der Waals surface area contributed by atoms with E-state index in [4.69, 9.17) is 16.9 Å². The molecule has 4 rings (SSSR count). The van der Waals surface area contributed by atoms with Crippen molar-refractivity contribution in [2.24, 2.45) is 5.92 Å². The van der Waals surface area contributed by atoms with E-state index in [9.17, 15) is 4.39 Å². The summed E-state index contributed by atoms with van der Waals surface area (Å²) in [5.74, 6) is 0.0159. The Hall–Kier alpha value is -2.64. The maximum atomic E-state index is 13.8. The molecule has 1 N–H and O–H groups in total. The highest BCUT2D eigenvalue weighted by Gasteiger charge is 2.24. The lowest BCUT2D eigenvalue weighted by atomic mass is 9.76. The molecule has 0 amide bonds. The Labute approximate surface area is 149 Å². The van der Waals surface area contributed by atoms with Crippen LogP contribution in [0.4, 0.5) is 4.39 Å². The van der Waals surface area contributed by atoms with Crippen LogP contribution in [0.5, 0.6) is 0 Å². The van der Waals surface area contributed by atoms with Gasteiger partial charge in [-0.05, 0) is 59.7 Å². The summed E-state index contributed by atoms with van der Waals surface area (Å²) in [7, 11) is 0. The minimum absolute atomic E-state index is 0.424. The summed E-state index contributed by atoms with van der Waals surface area (Å²) in [6, 6.07) is 13.0. The van der Waals surface area contributed by atoms with Crippen LogP contribution < -0.4 is 0 Å². The molecular formula is C20H15ClFN3. The largest absolute Gasteiger partial charge is 0.252 e. The van der Waals surface area contributed by atoms with Crippen molar-refractivity contribution in [2.45, 2.75) is 19.3 Å². The van der Waals surface area contributed by atoms with E-state index >= 15 is 0 Å². The Bertz CT molecular complexity index is 1030. The summed E-state index contributed by atoms with van der Waals surface area (Å²) in [6.07, 6.45) is 5.50. The van der Waals surface area contributed by atoms with Gasteiger partial charge in [-0.2, -0.15) is 14.8 Å². The molecule has 3 nitrogen and oxygen atoms in total. The quantitative estimate of drug-likeness (QED) is 0.627. The van der Waals surface area contributed by atoms with E-state index < -0.39 is 5.95 Å². The van der Waals surface area contributed by atoms with Gasteiger partial charge in [0.25, 0.3) is 0 Å². The number of halogens is 2. The molecule has 1 heterocycles. The van der Waals surface area contributed by atoms with Crippen molar-refractivity contribution >= 4 is 34.2 Å². The van der Waals surface area contributed by atoms with Gasteiger partial charge in [-0.1, -0.05) is 36.2 Å². The molecule has 0 spiro atoms. The highest BCUT2D eigenvalue weighted by atomic mass is 35.5. The van der Waals surface area contributed by atoms with Crippen molar-refractivity contribution in [3.63, 3.8) is 0 Å². The number of benzene rings is 2. The molecule has 0 aliphatic heterocycles. The highest BCUT2D eigenvalue weighted by Crippen LogP contribution is 2.42. The van der Waals surface area contributed by atoms with Gasteiger partial charge in [-0.15, -0.1) is 0 Å². The monoisotopic (exact) mass is 351 g/mol. The number of nitrogens with one attached hydrogen (secondary N) is 1. The van der Waals surface area contributed by atoms with Crippen LogP contribution in [0.15, 0.2) is 36.4 Å². The van der Waals surface area contributed by atoms with Crippen LogP contribution in [0, 0.1) is 23.2 Å². The van der Waals surface area contributed by atoms with E-state index in [-0.39, 0.29) is 0 Å². The fourth-order valence-corrected chi connectivity index (χ4v) is 3.51. The SMILES string of the molecule is N#Cc1ccc(/C(=C/c2ccc3n[nH]c(F)c3c2)C2CCC2)c(Cl)c1. The molecule has 0 saturated heterocycles. The zero-order chi connectivity index (χ0) is 17.4. The average molecular weight is 352 g/mol. The van der Waals surface area contributed by atoms with Gasteiger partial charge >= 0.3 is 0 Å². The number of rotatable bonds is 3. The zero-order valence-electron chi connectivity index (χ0n) is 13.4. The van der Waals surface area contributed by atoms with Crippen LogP contribution in [0.25, 0.3) is 22.6 Å². The minimum Gasteiger partial charge on any atom is -0.252 e. The molecule has 1 aromatic heterocycles. The number of nitriles is 1. The zero-order valence-corrected chi connectivity index (χ0v) is 14.1. The van der Waals surface area contributed by atoms with Crippen LogP contribution in [-0.2, 0) is 0 Å². The fourth-order valence-electron chi connectivity index (χ4n) is 3.22. The molecule has 2 aromatic carbocycles. The summed E-state index contributed by atoms with van der Waals surface area (Å²) in [4.78, 5) is 0. The summed E-state index contributed by atoms with van der Waals surface area (Å²) in [6.45, 7) is 0. The Morgan fingerprint density at radius 2 is 2.12 bits per heavy atom. The van der Waals surface area contributed by atoms with E-state index in [1.165, 1.54) is 6.42 Å². The highest BCUT2D eigenvalue weighted by molar-refractivity contribution is 6.32. The van der Waals surface area contributed by atoms with Gasteiger partial charge in [-0.25, -0.2) is 0 Å². The van der Waals surface area contributed by atoms with Crippen molar-refractivity contribution in [3.8, 4) is 6.07 Å². The molecule has 25 heavy (non-hydrogen) atoms. The maximum Gasteiger partial charge on any atom is 0.216 e. The van der Waals surface area contributed by atoms with Crippen LogP contribution in [0.3, 0.4) is 0 Å². The number of aromatic nitrogens is 2. The molecule has 1 fully saturated rings. The molecular weight excluding hydrogens is 337 g/mol. The first-order chi connectivity index (χ1) is 12.2. The normalized spacial score (nSPS) is 15.2. The van der Waals surface area contributed by atoms with Gasteiger partial charge in [0.15, 0.2) is 0 Å². The Morgan fingerprint density at radius 1 is 1.28 bits per heavy atom. The maximum absolute atomic E-state index is 13.8. The third kappa shape index (κ3) is 2.92. The molecule has 0 unspecified atom stereocenters. The van der Waals surface area contributed by atoms with Gasteiger partial charge in [0, 0.05) is 5.02 Å². The molecule has 5 heteroatoms. The molecule has 0 radical (unpaired) electrons. The second-order valence-corrected chi connectivity index (χ2v) is 6.76. The molecule has 3 aromatic rings. The van der Waals surface area contributed by atoms with Crippen LogP contribution in [-0.4, -0.2) is 10.2 Å². The summed E-state index contributed by atoms with van der Waals surface area (Å²) in [5, 5.41) is 16.4. The number of hydrogen-bond acceptors (Lipinski definition) is 2. The first kappa shape index (κ1) is 15.9. The van der Waals surface area contributed by atoms with E-state index in [1.807, 2.05) is 12.1 Å². The van der Waals surface area contributed by atoms with E-state index in [2.05, 4.69) is 22.3 Å². The lowest BCUT2D eigenvalue weighted by Crippen LogP contribution is -2.13. The predicted molar refractivity (Wildman–Crippen MR) is 97.4 cm³/mol. The topological polar surface area (TPSA) is 52.5 Å². The lowest BCUT2D eigenvalue weighted by Gasteiger charge is -2.29. The second-order valence-electron chi connectivity index (χ2n) is 6.35. The van der Waals surface area contributed by atoms with Crippen molar-refractivity contribution in [1.29, 1.82) is 5.26 Å². The summed E-state index contributed by atoms with van der Waals surface area (Å²) in [5.41, 5.74) is 4.15. The van der Waals surface area contributed by atoms with E-state index in [0.29, 0.717) is 27.4 Å². The van der Waals surface area contributed by atoms with Gasteiger partial charge in [0.1, 0.15) is 0 Å². The molecule has 0 bridgehead atoms. The second kappa shape index (κ2) is 6.34. The van der Waals surface area contributed by atoms with Crippen LogP contribution in [0.1, 0.15) is 36.0 Å². The van der Waals surface area contributed by atoms with Crippen molar-refractivity contribution < 1.29 is 4.39 Å². The Kier molecular flexibility index (Phi) is 4.03. The van der Waals surface area contributed by atoms with Gasteiger partial charge in [0.05, 0.1) is 22.5 Å². The van der Waals surface area contributed by atoms with Crippen molar-refractivity contribution in [1.82, 2.24) is 10.2 Å². The summed E-state index contributed by atoms with van der Waals surface area (Å²) >= 11 is 6.43. The van der Waals surface area contributed by atoms with Crippen molar-refractivity contribution in [3.05, 3.63) is 64.1 Å². The number of allylic oxidation sites excluding steroid dienone is 1. The number of fused-ring (bicyclic) bond motifs is 1. The first-order valence-corrected chi connectivity index (χ1v) is 8.59. The predicted octanol–water partition coefficient (Wildman–Crippen LogP) is 5.57. The average Bonchev–Trinajstić information content (AvgIpc) is 2.93. The van der Waals surface area contributed by atoms with Crippen molar-refractivity contribution in [2.75, 3.05) is 0 Å². The Balaban J connectivity index is 1.82. The molecule has 124 valence electrons. The smallest absolute Gasteiger partial charge is 0.216 e. The Morgan fingerprint density at radius 3 is 2.80 bits per heavy atom. The van der Waals surface area contributed by atoms with Crippen LogP contribution in [0.2, 0.25) is 5.02 Å². The van der Waals surface area contributed by atoms with E-state index in [1.54, 1.807) is 24.3 Å². The molecule has 1 aliphatic rings. The fraction of sp³-hybridized carbons (Fsp3) is 0.200. The number of hydrogen-bond donors (Lipinski definition) is 1. The number of H-pyrrole nitrogens is 1. The molecule has 1 saturated carbocycles. The lowest BCUT2D eigenvalue weighted by molar-refractivity contribution is 0.401. The first-order valence-electron chi connectivity index (χ1n) is 8.21. The number of nitrogens with zero attached hydrogens (tertiary/aromatic N) is 2. The van der Waals surface area contributed by atoms with Crippen LogP contribution >= 0.6 is 11.6 Å².